The van der Waals surface area contributed by atoms with Gasteiger partial charge < -0.3 is 19.9 Å². The van der Waals surface area contributed by atoms with E-state index in [4.69, 9.17) is 4.74 Å². The van der Waals surface area contributed by atoms with Gasteiger partial charge in [-0.1, -0.05) is 23.9 Å². The lowest BCUT2D eigenvalue weighted by Crippen LogP contribution is -2.46. The molecule has 3 aromatic rings. The third-order valence-corrected chi connectivity index (χ3v) is 6.40. The van der Waals surface area contributed by atoms with Gasteiger partial charge in [0.1, 0.15) is 23.0 Å². The highest BCUT2D eigenvalue weighted by Crippen LogP contribution is 2.23. The Balaban J connectivity index is 1.31. The molecular weight excluding hydrogens is 469 g/mol. The van der Waals surface area contributed by atoms with Crippen molar-refractivity contribution in [3.8, 4) is 0 Å². The number of esters is 1. The quantitative estimate of drug-likeness (QED) is 0.287. The molecule has 1 fully saturated rings. The second-order valence-electron chi connectivity index (χ2n) is 7.77. The number of hydrogen-bond donors (Lipinski definition) is 1. The van der Waals surface area contributed by atoms with Crippen LogP contribution in [0.1, 0.15) is 17.3 Å². The zero-order valence-corrected chi connectivity index (χ0v) is 20.1. The maximum Gasteiger partial charge on any atom is 0.340 e. The zero-order valence-electron chi connectivity index (χ0n) is 19.3. The molecule has 1 aliphatic heterocycles. The highest BCUT2D eigenvalue weighted by Gasteiger charge is 2.19. The molecule has 35 heavy (non-hydrogen) atoms. The van der Waals surface area contributed by atoms with Gasteiger partial charge in [-0.15, -0.1) is 0 Å². The Morgan fingerprint density at radius 1 is 1.03 bits per heavy atom. The van der Waals surface area contributed by atoms with Crippen LogP contribution < -0.4 is 15.1 Å². The van der Waals surface area contributed by atoms with Crippen LogP contribution in [0.5, 0.6) is 0 Å². The van der Waals surface area contributed by atoms with Crippen molar-refractivity contribution >= 4 is 40.8 Å². The SMILES string of the molecule is CCOC(=O)c1ccccc1NC(=O)CSc1cc(N2CCN(c3ccc(F)cc3)CC2)ncn1. The van der Waals surface area contributed by atoms with Gasteiger partial charge in [0, 0.05) is 37.9 Å². The van der Waals surface area contributed by atoms with Crippen molar-refractivity contribution in [3.05, 3.63) is 72.3 Å². The lowest BCUT2D eigenvalue weighted by Gasteiger charge is -2.36. The van der Waals surface area contributed by atoms with Gasteiger partial charge in [0.15, 0.2) is 0 Å². The molecule has 0 radical (unpaired) electrons. The van der Waals surface area contributed by atoms with Crippen molar-refractivity contribution in [2.75, 3.05) is 53.7 Å². The van der Waals surface area contributed by atoms with Gasteiger partial charge in [-0.3, -0.25) is 4.79 Å². The van der Waals surface area contributed by atoms with E-state index in [-0.39, 0.29) is 24.1 Å². The van der Waals surface area contributed by atoms with Crippen molar-refractivity contribution in [2.24, 2.45) is 0 Å². The van der Waals surface area contributed by atoms with Crippen LogP contribution in [0.2, 0.25) is 0 Å². The van der Waals surface area contributed by atoms with E-state index in [1.807, 2.05) is 6.07 Å². The van der Waals surface area contributed by atoms with E-state index >= 15 is 0 Å². The fourth-order valence-corrected chi connectivity index (χ4v) is 4.39. The van der Waals surface area contributed by atoms with Gasteiger partial charge in [-0.25, -0.2) is 19.2 Å². The summed E-state index contributed by atoms with van der Waals surface area (Å²) in [6, 6.07) is 15.2. The second kappa shape index (κ2) is 11.7. The summed E-state index contributed by atoms with van der Waals surface area (Å²) in [5.41, 5.74) is 1.73. The molecule has 1 amide bonds. The molecule has 8 nitrogen and oxygen atoms in total. The first-order chi connectivity index (χ1) is 17.0. The molecule has 0 bridgehead atoms. The van der Waals surface area contributed by atoms with Crippen LogP contribution >= 0.6 is 11.8 Å². The summed E-state index contributed by atoms with van der Waals surface area (Å²) in [6.07, 6.45) is 1.50. The molecule has 0 atom stereocenters. The van der Waals surface area contributed by atoms with Crippen LogP contribution in [0.4, 0.5) is 21.6 Å². The van der Waals surface area contributed by atoms with Crippen LogP contribution in [-0.4, -0.2) is 60.4 Å². The number of amides is 1. The van der Waals surface area contributed by atoms with Crippen LogP contribution in [0, 0.1) is 5.82 Å². The van der Waals surface area contributed by atoms with E-state index < -0.39 is 5.97 Å². The Morgan fingerprint density at radius 3 is 2.49 bits per heavy atom. The maximum atomic E-state index is 13.2. The number of carbonyl (C=O) groups is 2. The summed E-state index contributed by atoms with van der Waals surface area (Å²) in [5, 5.41) is 3.46. The van der Waals surface area contributed by atoms with E-state index in [0.717, 1.165) is 37.7 Å². The third-order valence-electron chi connectivity index (χ3n) is 5.47. The van der Waals surface area contributed by atoms with Gasteiger partial charge in [0.25, 0.3) is 0 Å². The molecule has 0 saturated carbocycles. The number of hydrogen-bond acceptors (Lipinski definition) is 8. The first kappa shape index (κ1) is 24.5. The molecule has 0 spiro atoms. The smallest absolute Gasteiger partial charge is 0.340 e. The molecule has 1 aliphatic rings. The number of ether oxygens (including phenoxy) is 1. The second-order valence-corrected chi connectivity index (χ2v) is 8.76. The predicted octanol–water partition coefficient (Wildman–Crippen LogP) is 3.85. The Morgan fingerprint density at radius 2 is 1.74 bits per heavy atom. The average Bonchev–Trinajstić information content (AvgIpc) is 2.89. The van der Waals surface area contributed by atoms with Crippen molar-refractivity contribution in [1.82, 2.24) is 9.97 Å². The van der Waals surface area contributed by atoms with Gasteiger partial charge in [-0.05, 0) is 43.3 Å². The largest absolute Gasteiger partial charge is 0.462 e. The number of anilines is 3. The number of rotatable bonds is 8. The van der Waals surface area contributed by atoms with Crippen LogP contribution in [0.15, 0.2) is 66.0 Å². The molecule has 2 heterocycles. The molecule has 2 aromatic carbocycles. The summed E-state index contributed by atoms with van der Waals surface area (Å²) in [6.45, 7) is 5.11. The number of nitrogens with one attached hydrogen (secondary N) is 1. The normalized spacial score (nSPS) is 13.4. The highest BCUT2D eigenvalue weighted by atomic mass is 32.2. The van der Waals surface area contributed by atoms with Crippen LogP contribution in [-0.2, 0) is 9.53 Å². The van der Waals surface area contributed by atoms with E-state index in [1.54, 1.807) is 43.3 Å². The number of benzene rings is 2. The average molecular weight is 496 g/mol. The predicted molar refractivity (Wildman–Crippen MR) is 135 cm³/mol. The fraction of sp³-hybridized carbons (Fsp3) is 0.280. The summed E-state index contributed by atoms with van der Waals surface area (Å²) >= 11 is 1.30. The monoisotopic (exact) mass is 495 g/mol. The summed E-state index contributed by atoms with van der Waals surface area (Å²) in [4.78, 5) is 37.7. The van der Waals surface area contributed by atoms with E-state index in [2.05, 4.69) is 25.1 Å². The molecule has 10 heteroatoms. The lowest BCUT2D eigenvalue weighted by molar-refractivity contribution is -0.113. The van der Waals surface area contributed by atoms with Gasteiger partial charge in [0.05, 0.1) is 23.6 Å². The molecule has 1 N–H and O–H groups in total. The topological polar surface area (TPSA) is 87.7 Å². The zero-order chi connectivity index (χ0) is 24.6. The van der Waals surface area contributed by atoms with Crippen molar-refractivity contribution < 1.29 is 18.7 Å². The highest BCUT2D eigenvalue weighted by molar-refractivity contribution is 7.99. The van der Waals surface area contributed by atoms with Crippen molar-refractivity contribution in [1.29, 1.82) is 0 Å². The summed E-state index contributed by atoms with van der Waals surface area (Å²) in [7, 11) is 0. The molecule has 1 saturated heterocycles. The van der Waals surface area contributed by atoms with Crippen LogP contribution in [0.25, 0.3) is 0 Å². The van der Waals surface area contributed by atoms with Gasteiger partial charge in [-0.2, -0.15) is 0 Å². The standard InChI is InChI=1S/C25H26FN5O3S/c1-2-34-25(33)20-5-3-4-6-21(20)29-23(32)16-35-24-15-22(27-17-28-24)31-13-11-30(12-14-31)19-9-7-18(26)8-10-19/h3-10,15,17H,2,11-14,16H2,1H3,(H,29,32). The Labute approximate surface area is 207 Å². The third kappa shape index (κ3) is 6.48. The minimum absolute atomic E-state index is 0.131. The Hall–Kier alpha value is -3.66. The van der Waals surface area contributed by atoms with E-state index in [9.17, 15) is 14.0 Å². The summed E-state index contributed by atoms with van der Waals surface area (Å²) < 4.78 is 18.2. The number of piperazine rings is 1. The van der Waals surface area contributed by atoms with Gasteiger partial charge >= 0.3 is 5.97 Å². The number of para-hydroxylation sites is 1. The first-order valence-corrected chi connectivity index (χ1v) is 12.3. The molecule has 182 valence electrons. The molecule has 4 rings (SSSR count). The Kier molecular flexibility index (Phi) is 8.15. The van der Waals surface area contributed by atoms with Crippen molar-refractivity contribution in [3.63, 3.8) is 0 Å². The molecule has 1 aromatic heterocycles. The minimum Gasteiger partial charge on any atom is -0.462 e. The number of nitrogens with zero attached hydrogens (tertiary/aromatic N) is 4. The summed E-state index contributed by atoms with van der Waals surface area (Å²) in [5.74, 6) is -0.0353. The van der Waals surface area contributed by atoms with Crippen LogP contribution in [0.3, 0.4) is 0 Å². The lowest BCUT2D eigenvalue weighted by atomic mass is 10.2. The number of thioether (sulfide) groups is 1. The van der Waals surface area contributed by atoms with E-state index in [1.165, 1.54) is 30.2 Å². The fourth-order valence-electron chi connectivity index (χ4n) is 3.73. The minimum atomic E-state index is -0.476. The molecule has 0 aliphatic carbocycles. The molecular formula is C25H26FN5O3S. The first-order valence-electron chi connectivity index (χ1n) is 11.3. The van der Waals surface area contributed by atoms with Crippen molar-refractivity contribution in [2.45, 2.75) is 11.9 Å². The van der Waals surface area contributed by atoms with E-state index in [0.29, 0.717) is 16.3 Å². The van der Waals surface area contributed by atoms with Gasteiger partial charge in [0.2, 0.25) is 5.91 Å². The number of carbonyl (C=O) groups excluding carboxylic acids is 2. The Bertz CT molecular complexity index is 1170. The number of aromatic nitrogens is 2. The molecule has 0 unspecified atom stereocenters. The number of halogens is 1. The maximum absolute atomic E-state index is 13.2.